The fourth-order valence-electron chi connectivity index (χ4n) is 2.13. The zero-order valence-electron chi connectivity index (χ0n) is 14.4. The maximum atomic E-state index is 12.0. The van der Waals surface area contributed by atoms with Gasteiger partial charge in [-0.05, 0) is 36.2 Å². The Bertz CT molecular complexity index is 850. The van der Waals surface area contributed by atoms with Crippen LogP contribution in [0.25, 0.3) is 0 Å². The van der Waals surface area contributed by atoms with Crippen molar-refractivity contribution in [1.82, 2.24) is 15.6 Å². The van der Waals surface area contributed by atoms with E-state index in [1.165, 1.54) is 12.1 Å². The second-order valence-corrected chi connectivity index (χ2v) is 7.28. The Morgan fingerprint density at radius 2 is 1.58 bits per heavy atom. The molecule has 2 rings (SSSR count). The summed E-state index contributed by atoms with van der Waals surface area (Å²) in [5.74, 6) is -0.940. The molecule has 2 amide bonds. The van der Waals surface area contributed by atoms with Crippen LogP contribution in [0.1, 0.15) is 29.3 Å². The van der Waals surface area contributed by atoms with Gasteiger partial charge in [0.2, 0.25) is 15.9 Å². The maximum Gasteiger partial charge on any atom is 0.269 e. The number of benzene rings is 2. The van der Waals surface area contributed by atoms with E-state index in [-0.39, 0.29) is 17.9 Å². The largest absolute Gasteiger partial charge is 0.273 e. The monoisotopic (exact) mass is 375 g/mol. The molecule has 2 aromatic carbocycles. The highest BCUT2D eigenvalue weighted by atomic mass is 32.2. The number of carbonyl (C=O) groups excluding carboxylic acids is 2. The molecule has 0 heterocycles. The summed E-state index contributed by atoms with van der Waals surface area (Å²) in [7, 11) is -3.65. The molecule has 26 heavy (non-hydrogen) atoms. The summed E-state index contributed by atoms with van der Waals surface area (Å²) in [6, 6.07) is 14.9. The summed E-state index contributed by atoms with van der Waals surface area (Å²) in [4.78, 5) is 23.8. The summed E-state index contributed by atoms with van der Waals surface area (Å²) in [5, 5.41) is 0. The van der Waals surface area contributed by atoms with Gasteiger partial charge in [-0.1, -0.05) is 37.3 Å². The summed E-state index contributed by atoms with van der Waals surface area (Å²) in [6.45, 7) is 1.94. The van der Waals surface area contributed by atoms with Crippen molar-refractivity contribution in [3.63, 3.8) is 0 Å². The Hall–Kier alpha value is -2.71. The van der Waals surface area contributed by atoms with Crippen LogP contribution >= 0.6 is 0 Å². The van der Waals surface area contributed by atoms with Crippen LogP contribution in [0.5, 0.6) is 0 Å². The zero-order valence-corrected chi connectivity index (χ0v) is 15.2. The molecular weight excluding hydrogens is 354 g/mol. The normalized spacial score (nSPS) is 11.0. The van der Waals surface area contributed by atoms with Crippen LogP contribution in [0.15, 0.2) is 59.5 Å². The van der Waals surface area contributed by atoms with Gasteiger partial charge in [0.15, 0.2) is 0 Å². The van der Waals surface area contributed by atoms with E-state index < -0.39 is 21.8 Å². The average molecular weight is 375 g/mol. The van der Waals surface area contributed by atoms with E-state index in [1.807, 2.05) is 19.1 Å². The van der Waals surface area contributed by atoms with Crippen LogP contribution < -0.4 is 15.6 Å². The first-order chi connectivity index (χ1) is 12.4. The second-order valence-electron chi connectivity index (χ2n) is 5.51. The minimum atomic E-state index is -3.65. The molecule has 0 bridgehead atoms. The van der Waals surface area contributed by atoms with Crippen molar-refractivity contribution in [3.8, 4) is 0 Å². The van der Waals surface area contributed by atoms with Crippen molar-refractivity contribution in [2.45, 2.75) is 24.7 Å². The lowest BCUT2D eigenvalue weighted by atomic mass is 10.1. The molecule has 0 unspecified atom stereocenters. The number of sulfonamides is 1. The minimum absolute atomic E-state index is 0.0792. The van der Waals surface area contributed by atoms with E-state index in [9.17, 15) is 18.0 Å². The highest BCUT2D eigenvalue weighted by Crippen LogP contribution is 2.07. The molecule has 0 fully saturated rings. The predicted molar refractivity (Wildman–Crippen MR) is 97.7 cm³/mol. The topological polar surface area (TPSA) is 104 Å². The van der Waals surface area contributed by atoms with E-state index in [0.29, 0.717) is 5.56 Å². The third kappa shape index (κ3) is 5.68. The number of aryl methyl sites for hydroxylation is 1. The lowest BCUT2D eigenvalue weighted by molar-refractivity contribution is -0.121. The second kappa shape index (κ2) is 9.12. The smallest absolute Gasteiger partial charge is 0.269 e. The van der Waals surface area contributed by atoms with Crippen molar-refractivity contribution in [2.75, 3.05) is 6.54 Å². The summed E-state index contributed by atoms with van der Waals surface area (Å²) in [5.41, 5.74) is 6.09. The number of nitrogens with one attached hydrogen (secondary N) is 3. The lowest BCUT2D eigenvalue weighted by Gasteiger charge is -2.09. The molecule has 138 valence electrons. The van der Waals surface area contributed by atoms with Crippen molar-refractivity contribution < 1.29 is 18.0 Å². The minimum Gasteiger partial charge on any atom is -0.273 e. The molecular formula is C18H21N3O4S. The fraction of sp³-hybridized carbons (Fsp3) is 0.222. The van der Waals surface area contributed by atoms with E-state index in [4.69, 9.17) is 0 Å². The third-order valence-electron chi connectivity index (χ3n) is 3.64. The van der Waals surface area contributed by atoms with Gasteiger partial charge in [-0.15, -0.1) is 0 Å². The first-order valence-corrected chi connectivity index (χ1v) is 9.63. The SMILES string of the molecule is CCc1ccc(C(=O)NNC(=O)CCNS(=O)(=O)c2ccccc2)cc1. The third-order valence-corrected chi connectivity index (χ3v) is 5.11. The summed E-state index contributed by atoms with van der Waals surface area (Å²) in [6.07, 6.45) is 0.763. The maximum absolute atomic E-state index is 12.0. The Labute approximate surface area is 152 Å². The Morgan fingerprint density at radius 1 is 0.923 bits per heavy atom. The van der Waals surface area contributed by atoms with E-state index in [1.54, 1.807) is 30.3 Å². The van der Waals surface area contributed by atoms with Gasteiger partial charge >= 0.3 is 0 Å². The molecule has 7 nitrogen and oxygen atoms in total. The van der Waals surface area contributed by atoms with E-state index in [0.717, 1.165) is 12.0 Å². The van der Waals surface area contributed by atoms with Crippen molar-refractivity contribution in [2.24, 2.45) is 0 Å². The van der Waals surface area contributed by atoms with Gasteiger partial charge in [0.25, 0.3) is 5.91 Å². The quantitative estimate of drug-likeness (QED) is 0.636. The Kier molecular flexibility index (Phi) is 6.88. The highest BCUT2D eigenvalue weighted by molar-refractivity contribution is 7.89. The average Bonchev–Trinajstić information content (AvgIpc) is 2.66. The molecule has 0 atom stereocenters. The molecule has 3 N–H and O–H groups in total. The van der Waals surface area contributed by atoms with Crippen molar-refractivity contribution in [3.05, 3.63) is 65.7 Å². The predicted octanol–water partition coefficient (Wildman–Crippen LogP) is 1.38. The summed E-state index contributed by atoms with van der Waals surface area (Å²) >= 11 is 0. The van der Waals surface area contributed by atoms with Crippen LogP contribution in [0.2, 0.25) is 0 Å². The Balaban J connectivity index is 1.75. The van der Waals surface area contributed by atoms with Gasteiger partial charge in [-0.2, -0.15) is 0 Å². The first-order valence-electron chi connectivity index (χ1n) is 8.15. The van der Waals surface area contributed by atoms with Crippen LogP contribution in [0.4, 0.5) is 0 Å². The molecule has 0 saturated heterocycles. The van der Waals surface area contributed by atoms with Crippen LogP contribution in [-0.2, 0) is 21.2 Å². The number of hydrogen-bond donors (Lipinski definition) is 3. The van der Waals surface area contributed by atoms with Gasteiger partial charge in [0.05, 0.1) is 4.90 Å². The standard InChI is InChI=1S/C18H21N3O4S/c1-2-14-8-10-15(11-9-14)18(23)21-20-17(22)12-13-19-26(24,25)16-6-4-3-5-7-16/h3-11,19H,2,12-13H2,1H3,(H,20,22)(H,21,23). The lowest BCUT2D eigenvalue weighted by Crippen LogP contribution is -2.42. The molecule has 0 aromatic heterocycles. The van der Waals surface area contributed by atoms with Gasteiger partial charge in [-0.3, -0.25) is 20.4 Å². The number of hydrogen-bond acceptors (Lipinski definition) is 4. The van der Waals surface area contributed by atoms with Gasteiger partial charge in [0.1, 0.15) is 0 Å². The van der Waals surface area contributed by atoms with Crippen molar-refractivity contribution >= 4 is 21.8 Å². The molecule has 0 aliphatic rings. The molecule has 0 aliphatic carbocycles. The van der Waals surface area contributed by atoms with Crippen LogP contribution in [0, 0.1) is 0 Å². The van der Waals surface area contributed by atoms with E-state index >= 15 is 0 Å². The molecule has 0 aliphatic heterocycles. The molecule has 0 radical (unpaired) electrons. The number of rotatable bonds is 7. The molecule has 2 aromatic rings. The molecule has 0 spiro atoms. The van der Waals surface area contributed by atoms with Gasteiger partial charge in [0, 0.05) is 18.5 Å². The molecule has 0 saturated carbocycles. The summed E-state index contributed by atoms with van der Waals surface area (Å²) < 4.78 is 26.3. The number of hydrazine groups is 1. The highest BCUT2D eigenvalue weighted by Gasteiger charge is 2.13. The zero-order chi connectivity index (χ0) is 19.0. The number of carbonyl (C=O) groups is 2. The molecule has 8 heteroatoms. The van der Waals surface area contributed by atoms with E-state index in [2.05, 4.69) is 15.6 Å². The Morgan fingerprint density at radius 3 is 2.19 bits per heavy atom. The fourth-order valence-corrected chi connectivity index (χ4v) is 3.19. The van der Waals surface area contributed by atoms with Gasteiger partial charge < -0.3 is 0 Å². The van der Waals surface area contributed by atoms with Gasteiger partial charge in [-0.25, -0.2) is 13.1 Å². The first kappa shape index (κ1) is 19.6. The van der Waals surface area contributed by atoms with Crippen molar-refractivity contribution in [1.29, 1.82) is 0 Å². The van der Waals surface area contributed by atoms with Crippen LogP contribution in [-0.4, -0.2) is 26.8 Å². The number of amides is 2. The van der Waals surface area contributed by atoms with Crippen LogP contribution in [0.3, 0.4) is 0 Å².